The van der Waals surface area contributed by atoms with E-state index in [0.29, 0.717) is 0 Å². The molecule has 3 heteroatoms. The van der Waals surface area contributed by atoms with Gasteiger partial charge in [0, 0.05) is 38.4 Å². The van der Waals surface area contributed by atoms with Gasteiger partial charge in [-0.15, -0.1) is 0 Å². The topological polar surface area (TPSA) is 24.5 Å². The first-order valence-corrected chi connectivity index (χ1v) is 5.96. The van der Waals surface area contributed by atoms with Crippen LogP contribution < -0.4 is 5.32 Å². The summed E-state index contributed by atoms with van der Waals surface area (Å²) in [4.78, 5) is 2.71. The zero-order chi connectivity index (χ0) is 9.80. The summed E-state index contributed by atoms with van der Waals surface area (Å²) in [5, 5.41) is 3.37. The zero-order valence-electron chi connectivity index (χ0n) is 9.17. The van der Waals surface area contributed by atoms with Crippen LogP contribution in [0.3, 0.4) is 0 Å². The standard InChI is InChI=1S/C11H22N2O/c1-2-5-13(11-8-12-9-11)10-3-6-14-7-4-10/h10-12H,2-9H2,1H3. The third-order valence-corrected chi connectivity index (χ3v) is 3.37. The molecule has 0 spiro atoms. The molecule has 0 unspecified atom stereocenters. The number of rotatable bonds is 4. The Labute approximate surface area is 86.8 Å². The van der Waals surface area contributed by atoms with E-state index in [1.807, 2.05) is 0 Å². The molecule has 14 heavy (non-hydrogen) atoms. The van der Waals surface area contributed by atoms with Crippen LogP contribution in [0.25, 0.3) is 0 Å². The van der Waals surface area contributed by atoms with Crippen molar-refractivity contribution < 1.29 is 4.74 Å². The fourth-order valence-electron chi connectivity index (χ4n) is 2.45. The van der Waals surface area contributed by atoms with Gasteiger partial charge in [-0.3, -0.25) is 4.90 Å². The highest BCUT2D eigenvalue weighted by molar-refractivity contribution is 4.89. The van der Waals surface area contributed by atoms with Crippen molar-refractivity contribution in [2.24, 2.45) is 0 Å². The van der Waals surface area contributed by atoms with Crippen molar-refractivity contribution in [3.05, 3.63) is 0 Å². The molecule has 0 amide bonds. The van der Waals surface area contributed by atoms with Crippen molar-refractivity contribution in [1.82, 2.24) is 10.2 Å². The summed E-state index contributed by atoms with van der Waals surface area (Å²) >= 11 is 0. The molecule has 0 bridgehead atoms. The van der Waals surface area contributed by atoms with Gasteiger partial charge in [0.05, 0.1) is 0 Å². The molecular weight excluding hydrogens is 176 g/mol. The minimum absolute atomic E-state index is 0.788. The van der Waals surface area contributed by atoms with E-state index in [-0.39, 0.29) is 0 Å². The predicted octanol–water partition coefficient (Wildman–Crippen LogP) is 0.849. The van der Waals surface area contributed by atoms with Gasteiger partial charge in [0.2, 0.25) is 0 Å². The quantitative estimate of drug-likeness (QED) is 0.725. The lowest BCUT2D eigenvalue weighted by Gasteiger charge is -2.44. The molecule has 0 radical (unpaired) electrons. The van der Waals surface area contributed by atoms with E-state index in [1.54, 1.807) is 0 Å². The van der Waals surface area contributed by atoms with Gasteiger partial charge in [-0.2, -0.15) is 0 Å². The highest BCUT2D eigenvalue weighted by Crippen LogP contribution is 2.19. The lowest BCUT2D eigenvalue weighted by Crippen LogP contribution is -2.60. The largest absolute Gasteiger partial charge is 0.381 e. The lowest BCUT2D eigenvalue weighted by atomic mass is 10.0. The number of nitrogens with zero attached hydrogens (tertiary/aromatic N) is 1. The van der Waals surface area contributed by atoms with Crippen LogP contribution in [0.5, 0.6) is 0 Å². The van der Waals surface area contributed by atoms with Crippen LogP contribution in [-0.2, 0) is 4.74 Å². The second-order valence-corrected chi connectivity index (χ2v) is 4.39. The molecule has 0 aromatic rings. The van der Waals surface area contributed by atoms with Crippen molar-refractivity contribution in [2.45, 2.75) is 38.3 Å². The van der Waals surface area contributed by atoms with E-state index in [0.717, 1.165) is 25.3 Å². The maximum Gasteiger partial charge on any atom is 0.0480 e. The smallest absolute Gasteiger partial charge is 0.0480 e. The van der Waals surface area contributed by atoms with E-state index < -0.39 is 0 Å². The Bertz CT molecular complexity index is 165. The van der Waals surface area contributed by atoms with Crippen LogP contribution in [0, 0.1) is 0 Å². The molecule has 0 aromatic carbocycles. The fraction of sp³-hybridized carbons (Fsp3) is 1.00. The van der Waals surface area contributed by atoms with Crippen LogP contribution in [0.15, 0.2) is 0 Å². The van der Waals surface area contributed by atoms with Crippen LogP contribution in [-0.4, -0.2) is 49.8 Å². The molecule has 82 valence electrons. The van der Waals surface area contributed by atoms with Crippen molar-refractivity contribution in [2.75, 3.05) is 32.8 Å². The van der Waals surface area contributed by atoms with Crippen LogP contribution in [0.2, 0.25) is 0 Å². The highest BCUT2D eigenvalue weighted by atomic mass is 16.5. The number of hydrogen-bond acceptors (Lipinski definition) is 3. The van der Waals surface area contributed by atoms with Gasteiger partial charge in [-0.25, -0.2) is 0 Å². The molecule has 2 fully saturated rings. The van der Waals surface area contributed by atoms with E-state index in [1.165, 1.54) is 38.9 Å². The summed E-state index contributed by atoms with van der Waals surface area (Å²) in [6.07, 6.45) is 3.74. The van der Waals surface area contributed by atoms with Gasteiger partial charge in [-0.05, 0) is 25.8 Å². The van der Waals surface area contributed by atoms with Gasteiger partial charge in [0.1, 0.15) is 0 Å². The number of nitrogens with one attached hydrogen (secondary N) is 1. The number of hydrogen-bond donors (Lipinski definition) is 1. The average Bonchev–Trinajstić information content (AvgIpc) is 2.16. The Balaban J connectivity index is 1.86. The van der Waals surface area contributed by atoms with Crippen molar-refractivity contribution in [3.63, 3.8) is 0 Å². The molecule has 3 nitrogen and oxygen atoms in total. The van der Waals surface area contributed by atoms with Crippen LogP contribution >= 0.6 is 0 Å². The summed E-state index contributed by atoms with van der Waals surface area (Å²) in [5.74, 6) is 0. The molecule has 2 aliphatic rings. The molecular formula is C11H22N2O. The van der Waals surface area contributed by atoms with Crippen LogP contribution in [0.1, 0.15) is 26.2 Å². The molecule has 1 N–H and O–H groups in total. The lowest BCUT2D eigenvalue weighted by molar-refractivity contribution is 0.00591. The second kappa shape index (κ2) is 5.10. The summed E-state index contributed by atoms with van der Waals surface area (Å²) in [6.45, 7) is 7.85. The van der Waals surface area contributed by atoms with Gasteiger partial charge in [0.25, 0.3) is 0 Å². The fourth-order valence-corrected chi connectivity index (χ4v) is 2.45. The Hall–Kier alpha value is -0.120. The summed E-state index contributed by atoms with van der Waals surface area (Å²) in [6, 6.07) is 1.59. The van der Waals surface area contributed by atoms with E-state index in [4.69, 9.17) is 4.74 Å². The van der Waals surface area contributed by atoms with Crippen molar-refractivity contribution in [3.8, 4) is 0 Å². The second-order valence-electron chi connectivity index (χ2n) is 4.39. The van der Waals surface area contributed by atoms with E-state index in [2.05, 4.69) is 17.1 Å². The first-order chi connectivity index (χ1) is 6.92. The minimum atomic E-state index is 0.788. The monoisotopic (exact) mass is 198 g/mol. The Morgan fingerprint density at radius 3 is 2.43 bits per heavy atom. The third-order valence-electron chi connectivity index (χ3n) is 3.37. The Morgan fingerprint density at radius 2 is 1.93 bits per heavy atom. The van der Waals surface area contributed by atoms with Gasteiger partial charge < -0.3 is 10.1 Å². The van der Waals surface area contributed by atoms with Gasteiger partial charge >= 0.3 is 0 Å². The first kappa shape index (κ1) is 10.4. The molecule has 0 atom stereocenters. The molecule has 2 saturated heterocycles. The normalized spacial score (nSPS) is 25.3. The Morgan fingerprint density at radius 1 is 1.21 bits per heavy atom. The number of ether oxygens (including phenoxy) is 1. The predicted molar refractivity (Wildman–Crippen MR) is 57.5 cm³/mol. The maximum absolute atomic E-state index is 5.42. The van der Waals surface area contributed by atoms with Crippen LogP contribution in [0.4, 0.5) is 0 Å². The minimum Gasteiger partial charge on any atom is -0.381 e. The van der Waals surface area contributed by atoms with Crippen molar-refractivity contribution >= 4 is 0 Å². The molecule has 0 aliphatic carbocycles. The Kier molecular flexibility index (Phi) is 3.79. The molecule has 2 heterocycles. The average molecular weight is 198 g/mol. The molecule has 0 aromatic heterocycles. The van der Waals surface area contributed by atoms with Gasteiger partial charge in [-0.1, -0.05) is 6.92 Å². The van der Waals surface area contributed by atoms with Gasteiger partial charge in [0.15, 0.2) is 0 Å². The maximum atomic E-state index is 5.42. The summed E-state index contributed by atoms with van der Waals surface area (Å²) in [7, 11) is 0. The molecule has 2 rings (SSSR count). The summed E-state index contributed by atoms with van der Waals surface area (Å²) in [5.41, 5.74) is 0. The van der Waals surface area contributed by atoms with E-state index >= 15 is 0 Å². The highest BCUT2D eigenvalue weighted by Gasteiger charge is 2.30. The molecule has 2 aliphatic heterocycles. The molecule has 0 saturated carbocycles. The first-order valence-electron chi connectivity index (χ1n) is 5.96. The SMILES string of the molecule is CCCN(C1CCOCC1)C1CNC1. The van der Waals surface area contributed by atoms with E-state index in [9.17, 15) is 0 Å². The third kappa shape index (κ3) is 2.27. The zero-order valence-corrected chi connectivity index (χ0v) is 9.17. The summed E-state index contributed by atoms with van der Waals surface area (Å²) < 4.78 is 5.42. The van der Waals surface area contributed by atoms with Crippen molar-refractivity contribution in [1.29, 1.82) is 0 Å².